The molecule has 6 N–H and O–H groups in total. The average molecular weight is 621 g/mol. The first kappa shape index (κ1) is 31.9. The lowest BCUT2D eigenvalue weighted by atomic mass is 10.1. The van der Waals surface area contributed by atoms with E-state index < -0.39 is 4.92 Å². The van der Waals surface area contributed by atoms with E-state index >= 15 is 0 Å². The van der Waals surface area contributed by atoms with Gasteiger partial charge in [0.05, 0.1) is 10.6 Å². The standard InChI is InChI=1S/C17H19N5O2.C17H21N5/c1-21(2)9-7-12-11-19-15-6-5-13(10-14(12)15)20-17-16(22(23)24)4-3-8-18-17;1-22(2)9-7-12-11-20-16-6-5-13(10-14(12)16)21-17-15(18)4-3-8-19-17/h3-6,8,10-11,19H,7,9H2,1-2H3,(H,18,20);3-6,8,10-11,20H,7,9,18H2,1-2H3,(H,19,21). The minimum Gasteiger partial charge on any atom is -0.396 e. The van der Waals surface area contributed by atoms with E-state index in [0.717, 1.165) is 53.7 Å². The molecule has 46 heavy (non-hydrogen) atoms. The maximum Gasteiger partial charge on any atom is 0.311 e. The molecule has 0 radical (unpaired) electrons. The van der Waals surface area contributed by atoms with E-state index in [2.05, 4.69) is 72.8 Å². The number of aromatic amines is 2. The molecule has 238 valence electrons. The Balaban J connectivity index is 0.000000182. The molecule has 6 rings (SSSR count). The molecule has 2 aromatic carbocycles. The summed E-state index contributed by atoms with van der Waals surface area (Å²) in [6, 6.07) is 18.8. The summed E-state index contributed by atoms with van der Waals surface area (Å²) in [5, 5.41) is 19.8. The van der Waals surface area contributed by atoms with E-state index in [1.165, 1.54) is 28.8 Å². The molecule has 0 spiro atoms. The van der Waals surface area contributed by atoms with Crippen molar-refractivity contribution in [2.45, 2.75) is 12.8 Å². The Hall–Kier alpha value is -5.46. The molecule has 0 unspecified atom stereocenters. The number of anilines is 5. The third-order valence-corrected chi connectivity index (χ3v) is 7.54. The molecule has 0 aliphatic rings. The molecule has 0 fully saturated rings. The molecule has 0 amide bonds. The molecule has 4 aromatic heterocycles. The van der Waals surface area contributed by atoms with Crippen LogP contribution in [0, 0.1) is 10.1 Å². The molecule has 12 heteroatoms. The number of benzene rings is 2. The molecule has 12 nitrogen and oxygen atoms in total. The highest BCUT2D eigenvalue weighted by atomic mass is 16.6. The van der Waals surface area contributed by atoms with Crippen molar-refractivity contribution in [2.75, 3.05) is 57.6 Å². The Bertz CT molecular complexity index is 1930. The Labute approximate surface area is 267 Å². The largest absolute Gasteiger partial charge is 0.396 e. The number of nitrogens with one attached hydrogen (secondary N) is 4. The Kier molecular flexibility index (Phi) is 10.1. The minimum absolute atomic E-state index is 0.0421. The topological polar surface area (TPSA) is 157 Å². The predicted molar refractivity (Wildman–Crippen MR) is 187 cm³/mol. The third kappa shape index (κ3) is 7.97. The zero-order valence-electron chi connectivity index (χ0n) is 26.5. The molecule has 0 bridgehead atoms. The van der Waals surface area contributed by atoms with Gasteiger partial charge in [-0.3, -0.25) is 10.1 Å². The first-order chi connectivity index (χ1) is 22.2. The van der Waals surface area contributed by atoms with Crippen molar-refractivity contribution in [3.05, 3.63) is 107 Å². The molecule has 4 heterocycles. The lowest BCUT2D eigenvalue weighted by Crippen LogP contribution is -2.14. The summed E-state index contributed by atoms with van der Waals surface area (Å²) in [6.45, 7) is 1.98. The summed E-state index contributed by atoms with van der Waals surface area (Å²) >= 11 is 0. The molecule has 0 saturated carbocycles. The molecular weight excluding hydrogens is 580 g/mol. The highest BCUT2D eigenvalue weighted by Crippen LogP contribution is 2.29. The van der Waals surface area contributed by atoms with Gasteiger partial charge in [0.1, 0.15) is 0 Å². The van der Waals surface area contributed by atoms with Gasteiger partial charge in [-0.15, -0.1) is 0 Å². The summed E-state index contributed by atoms with van der Waals surface area (Å²) in [5.74, 6) is 0.930. The van der Waals surface area contributed by atoms with Gasteiger partial charge in [0.2, 0.25) is 5.82 Å². The smallest absolute Gasteiger partial charge is 0.311 e. The molecule has 6 aromatic rings. The number of rotatable bonds is 11. The maximum absolute atomic E-state index is 11.1. The minimum atomic E-state index is -0.438. The van der Waals surface area contributed by atoms with Gasteiger partial charge in [0, 0.05) is 77.1 Å². The van der Waals surface area contributed by atoms with Gasteiger partial charge in [-0.2, -0.15) is 0 Å². The van der Waals surface area contributed by atoms with Crippen molar-refractivity contribution >= 4 is 56.2 Å². The number of H-pyrrole nitrogens is 2. The number of nitrogens with two attached hydrogens (primary N) is 1. The van der Waals surface area contributed by atoms with Crippen LogP contribution in [0.2, 0.25) is 0 Å². The van der Waals surface area contributed by atoms with Crippen LogP contribution in [-0.2, 0) is 12.8 Å². The van der Waals surface area contributed by atoms with Gasteiger partial charge in [0.15, 0.2) is 5.82 Å². The van der Waals surface area contributed by atoms with Crippen molar-refractivity contribution in [1.82, 2.24) is 29.7 Å². The van der Waals surface area contributed by atoms with Crippen LogP contribution in [-0.4, -0.2) is 75.9 Å². The van der Waals surface area contributed by atoms with E-state index in [1.807, 2.05) is 56.7 Å². The van der Waals surface area contributed by atoms with Crippen molar-refractivity contribution in [3.8, 4) is 0 Å². The highest BCUT2D eigenvalue weighted by Gasteiger charge is 2.15. The summed E-state index contributed by atoms with van der Waals surface area (Å²) in [5.41, 5.74) is 13.0. The Morgan fingerprint density at radius 1 is 0.761 bits per heavy atom. The number of nitrogen functional groups attached to an aromatic ring is 1. The second kappa shape index (κ2) is 14.5. The average Bonchev–Trinajstić information content (AvgIpc) is 3.64. The van der Waals surface area contributed by atoms with Crippen molar-refractivity contribution < 1.29 is 4.92 Å². The summed E-state index contributed by atoms with van der Waals surface area (Å²) in [7, 11) is 8.27. The number of fused-ring (bicyclic) bond motifs is 2. The summed E-state index contributed by atoms with van der Waals surface area (Å²) < 4.78 is 0. The van der Waals surface area contributed by atoms with Gasteiger partial charge in [-0.05, 0) is 107 Å². The Morgan fingerprint density at radius 3 is 1.76 bits per heavy atom. The SMILES string of the molecule is CN(C)CCc1c[nH]c2ccc(Nc3ncccc3N)cc12.CN(C)CCc1c[nH]c2ccc(Nc3ncccc3[N+](=O)[O-])cc12. The van der Waals surface area contributed by atoms with Crippen LogP contribution in [0.25, 0.3) is 21.8 Å². The number of pyridine rings is 2. The van der Waals surface area contributed by atoms with Crippen LogP contribution < -0.4 is 16.4 Å². The molecule has 0 aliphatic heterocycles. The zero-order chi connectivity index (χ0) is 32.6. The first-order valence-electron chi connectivity index (χ1n) is 15.0. The lowest BCUT2D eigenvalue weighted by Gasteiger charge is -2.10. The van der Waals surface area contributed by atoms with Crippen LogP contribution in [0.15, 0.2) is 85.5 Å². The molecular formula is C34H40N10O2. The second-order valence-electron chi connectivity index (χ2n) is 11.6. The number of nitro groups is 1. The van der Waals surface area contributed by atoms with E-state index in [4.69, 9.17) is 5.73 Å². The predicted octanol–water partition coefficient (Wildman–Crippen LogP) is 6.31. The van der Waals surface area contributed by atoms with Crippen LogP contribution in [0.1, 0.15) is 11.1 Å². The fourth-order valence-electron chi connectivity index (χ4n) is 5.05. The summed E-state index contributed by atoms with van der Waals surface area (Å²) in [4.78, 5) is 29.9. The fraction of sp³-hybridized carbons (Fsp3) is 0.235. The van der Waals surface area contributed by atoms with Crippen LogP contribution >= 0.6 is 0 Å². The zero-order valence-corrected chi connectivity index (χ0v) is 26.5. The molecule has 0 saturated heterocycles. The number of hydrogen-bond donors (Lipinski definition) is 5. The monoisotopic (exact) mass is 620 g/mol. The number of hydrogen-bond acceptors (Lipinski definition) is 9. The van der Waals surface area contributed by atoms with Crippen LogP contribution in [0.4, 0.5) is 34.4 Å². The van der Waals surface area contributed by atoms with Gasteiger partial charge >= 0.3 is 5.69 Å². The number of aromatic nitrogens is 4. The van der Waals surface area contributed by atoms with E-state index in [1.54, 1.807) is 12.3 Å². The van der Waals surface area contributed by atoms with E-state index in [-0.39, 0.29) is 11.5 Å². The second-order valence-corrected chi connectivity index (χ2v) is 11.6. The van der Waals surface area contributed by atoms with E-state index in [0.29, 0.717) is 11.5 Å². The fourth-order valence-corrected chi connectivity index (χ4v) is 5.05. The van der Waals surface area contributed by atoms with Crippen molar-refractivity contribution in [3.63, 3.8) is 0 Å². The molecule has 0 aliphatic carbocycles. The van der Waals surface area contributed by atoms with Crippen molar-refractivity contribution in [2.24, 2.45) is 0 Å². The van der Waals surface area contributed by atoms with Crippen molar-refractivity contribution in [1.29, 1.82) is 0 Å². The highest BCUT2D eigenvalue weighted by molar-refractivity contribution is 5.88. The van der Waals surface area contributed by atoms with Crippen LogP contribution in [0.5, 0.6) is 0 Å². The first-order valence-corrected chi connectivity index (χ1v) is 15.0. The lowest BCUT2D eigenvalue weighted by molar-refractivity contribution is -0.384. The Morgan fingerprint density at radius 2 is 1.26 bits per heavy atom. The molecule has 0 atom stereocenters. The van der Waals surface area contributed by atoms with Gasteiger partial charge in [-0.1, -0.05) is 0 Å². The number of nitrogens with zero attached hydrogens (tertiary/aromatic N) is 5. The maximum atomic E-state index is 11.1. The van der Waals surface area contributed by atoms with Gasteiger partial charge in [0.25, 0.3) is 0 Å². The normalized spacial score (nSPS) is 11.2. The van der Waals surface area contributed by atoms with Crippen LogP contribution in [0.3, 0.4) is 0 Å². The van der Waals surface area contributed by atoms with Gasteiger partial charge in [-0.25, -0.2) is 9.97 Å². The third-order valence-electron chi connectivity index (χ3n) is 7.54. The quantitative estimate of drug-likeness (QED) is 0.0827. The number of likely N-dealkylation sites (N-methyl/N-ethyl adjacent to an activating group) is 2. The summed E-state index contributed by atoms with van der Waals surface area (Å²) in [6.07, 6.45) is 9.32. The van der Waals surface area contributed by atoms with E-state index in [9.17, 15) is 10.1 Å². The van der Waals surface area contributed by atoms with Gasteiger partial charge < -0.3 is 36.1 Å².